The molecular formula is C20H33FIN5O. The summed E-state index contributed by atoms with van der Waals surface area (Å²) in [5.41, 5.74) is 2.01. The highest BCUT2D eigenvalue weighted by Crippen LogP contribution is 2.19. The molecule has 8 heteroatoms. The number of methoxy groups -OCH3 is 1. The molecule has 0 atom stereocenters. The van der Waals surface area contributed by atoms with Gasteiger partial charge in [-0.05, 0) is 50.6 Å². The van der Waals surface area contributed by atoms with Crippen LogP contribution in [0.2, 0.25) is 0 Å². The molecule has 2 rings (SSSR count). The molecule has 0 saturated heterocycles. The van der Waals surface area contributed by atoms with Gasteiger partial charge in [0.25, 0.3) is 0 Å². The topological polar surface area (TPSA) is 64.7 Å². The first kappa shape index (κ1) is 24.6. The van der Waals surface area contributed by atoms with Crippen LogP contribution in [0.5, 0.6) is 0 Å². The Morgan fingerprint density at radius 2 is 2.11 bits per heavy atom. The summed E-state index contributed by atoms with van der Waals surface area (Å²) in [6.07, 6.45) is 3.82. The molecule has 0 saturated carbocycles. The fourth-order valence-electron chi connectivity index (χ4n) is 2.95. The number of halogens is 2. The molecule has 3 N–H and O–H groups in total. The van der Waals surface area contributed by atoms with Gasteiger partial charge in [0.15, 0.2) is 5.96 Å². The minimum atomic E-state index is -0.220. The number of rotatable bonds is 11. The van der Waals surface area contributed by atoms with E-state index in [1.54, 1.807) is 7.11 Å². The number of hydrogen-bond donors (Lipinski definition) is 3. The number of H-pyrrole nitrogens is 1. The van der Waals surface area contributed by atoms with E-state index in [-0.39, 0.29) is 29.8 Å². The van der Waals surface area contributed by atoms with E-state index in [9.17, 15) is 4.39 Å². The second kappa shape index (κ2) is 13.7. The molecule has 0 fully saturated rings. The van der Waals surface area contributed by atoms with Crippen LogP contribution in [-0.2, 0) is 11.2 Å². The van der Waals surface area contributed by atoms with E-state index >= 15 is 0 Å². The highest BCUT2D eigenvalue weighted by atomic mass is 127. The van der Waals surface area contributed by atoms with Crippen LogP contribution in [0.25, 0.3) is 10.9 Å². The van der Waals surface area contributed by atoms with E-state index in [0.29, 0.717) is 0 Å². The summed E-state index contributed by atoms with van der Waals surface area (Å²) in [6.45, 7) is 7.09. The maximum Gasteiger partial charge on any atom is 0.191 e. The molecule has 28 heavy (non-hydrogen) atoms. The molecule has 0 unspecified atom stereocenters. The Hall–Kier alpha value is -1.39. The highest BCUT2D eigenvalue weighted by Gasteiger charge is 2.05. The molecule has 0 spiro atoms. The van der Waals surface area contributed by atoms with Gasteiger partial charge >= 0.3 is 0 Å². The molecule has 0 amide bonds. The Bertz CT molecular complexity index is 722. The number of nitrogens with zero attached hydrogens (tertiary/aromatic N) is 2. The smallest absolute Gasteiger partial charge is 0.191 e. The number of likely N-dealkylation sites (N-methyl/N-ethyl adjacent to an activating group) is 1. The van der Waals surface area contributed by atoms with Gasteiger partial charge in [0.05, 0.1) is 6.54 Å². The monoisotopic (exact) mass is 505 g/mol. The molecule has 6 nitrogen and oxygen atoms in total. The molecule has 0 aliphatic rings. The van der Waals surface area contributed by atoms with Gasteiger partial charge in [-0.2, -0.15) is 0 Å². The van der Waals surface area contributed by atoms with Crippen molar-refractivity contribution in [2.75, 3.05) is 53.5 Å². The first-order chi connectivity index (χ1) is 13.1. The second-order valence-electron chi connectivity index (χ2n) is 6.59. The number of benzene rings is 1. The van der Waals surface area contributed by atoms with Gasteiger partial charge in [-0.3, -0.25) is 4.99 Å². The third kappa shape index (κ3) is 8.32. The Morgan fingerprint density at radius 1 is 1.29 bits per heavy atom. The summed E-state index contributed by atoms with van der Waals surface area (Å²) in [6, 6.07) is 4.86. The van der Waals surface area contributed by atoms with Crippen molar-refractivity contribution in [1.29, 1.82) is 0 Å². The van der Waals surface area contributed by atoms with Gasteiger partial charge in [0.2, 0.25) is 0 Å². The van der Waals surface area contributed by atoms with Crippen molar-refractivity contribution >= 4 is 40.8 Å². The zero-order valence-corrected chi connectivity index (χ0v) is 19.4. The van der Waals surface area contributed by atoms with E-state index in [0.717, 1.165) is 69.0 Å². The zero-order chi connectivity index (χ0) is 19.5. The van der Waals surface area contributed by atoms with Crippen LogP contribution in [0, 0.1) is 5.82 Å². The first-order valence-electron chi connectivity index (χ1n) is 9.59. The molecule has 0 bridgehead atoms. The predicted octanol–water partition coefficient (Wildman–Crippen LogP) is 2.99. The lowest BCUT2D eigenvalue weighted by atomic mass is 10.1. The van der Waals surface area contributed by atoms with Crippen LogP contribution in [-0.4, -0.2) is 69.3 Å². The lowest BCUT2D eigenvalue weighted by Crippen LogP contribution is -2.39. The second-order valence-corrected chi connectivity index (χ2v) is 6.59. The quantitative estimate of drug-likeness (QED) is 0.190. The SMILES string of the molecule is CCNC(=NCCN(C)CCCOC)NCCc1c[nH]c2cc(F)ccc12.I. The number of hydrogen-bond acceptors (Lipinski definition) is 3. The molecule has 1 aromatic carbocycles. The van der Waals surface area contributed by atoms with Crippen molar-refractivity contribution in [3.8, 4) is 0 Å². The molecule has 2 aromatic rings. The van der Waals surface area contributed by atoms with Crippen molar-refractivity contribution in [1.82, 2.24) is 20.5 Å². The Balaban J connectivity index is 0.00000392. The van der Waals surface area contributed by atoms with Crippen LogP contribution >= 0.6 is 24.0 Å². The molecule has 158 valence electrons. The largest absolute Gasteiger partial charge is 0.385 e. The van der Waals surface area contributed by atoms with Gasteiger partial charge in [0, 0.05) is 57.0 Å². The first-order valence-corrected chi connectivity index (χ1v) is 9.59. The predicted molar refractivity (Wildman–Crippen MR) is 125 cm³/mol. The van der Waals surface area contributed by atoms with Gasteiger partial charge in [-0.15, -0.1) is 24.0 Å². The lowest BCUT2D eigenvalue weighted by Gasteiger charge is -2.16. The lowest BCUT2D eigenvalue weighted by molar-refractivity contribution is 0.180. The number of aliphatic imine (C=N–C) groups is 1. The van der Waals surface area contributed by atoms with Crippen molar-refractivity contribution in [2.24, 2.45) is 4.99 Å². The van der Waals surface area contributed by atoms with E-state index < -0.39 is 0 Å². The number of nitrogens with one attached hydrogen (secondary N) is 3. The van der Waals surface area contributed by atoms with Crippen molar-refractivity contribution in [3.05, 3.63) is 35.8 Å². The van der Waals surface area contributed by atoms with Crippen molar-refractivity contribution in [3.63, 3.8) is 0 Å². The Morgan fingerprint density at radius 3 is 2.86 bits per heavy atom. The summed E-state index contributed by atoms with van der Waals surface area (Å²) in [4.78, 5) is 10.0. The molecule has 0 radical (unpaired) electrons. The van der Waals surface area contributed by atoms with Gasteiger partial charge in [0.1, 0.15) is 5.82 Å². The summed E-state index contributed by atoms with van der Waals surface area (Å²) >= 11 is 0. The minimum Gasteiger partial charge on any atom is -0.385 e. The number of aromatic nitrogens is 1. The number of ether oxygens (including phenoxy) is 1. The normalized spacial score (nSPS) is 11.7. The van der Waals surface area contributed by atoms with E-state index in [1.165, 1.54) is 17.7 Å². The zero-order valence-electron chi connectivity index (χ0n) is 17.1. The van der Waals surface area contributed by atoms with Crippen molar-refractivity contribution < 1.29 is 9.13 Å². The van der Waals surface area contributed by atoms with Gasteiger partial charge < -0.3 is 25.3 Å². The number of fused-ring (bicyclic) bond motifs is 1. The Kier molecular flexibility index (Phi) is 12.1. The Labute approximate surface area is 184 Å². The molecule has 0 aliphatic carbocycles. The van der Waals surface area contributed by atoms with E-state index in [2.05, 4.69) is 39.5 Å². The maximum atomic E-state index is 13.3. The van der Waals surface area contributed by atoms with Crippen LogP contribution in [0.15, 0.2) is 29.4 Å². The molecule has 1 aromatic heterocycles. The standard InChI is InChI=1S/C20H32FN5O.HI/c1-4-22-20(24-10-12-26(2)11-5-13-27-3)23-9-8-16-15-25-19-14-17(21)6-7-18(16)19;/h6-7,14-15,25H,4-5,8-13H2,1-3H3,(H2,22,23,24);1H. The third-order valence-corrected chi connectivity index (χ3v) is 4.40. The number of aromatic amines is 1. The summed E-state index contributed by atoms with van der Waals surface area (Å²) in [5.74, 6) is 0.608. The molecule has 1 heterocycles. The van der Waals surface area contributed by atoms with Crippen LogP contribution in [0.3, 0.4) is 0 Å². The maximum absolute atomic E-state index is 13.3. The third-order valence-electron chi connectivity index (χ3n) is 4.40. The molecular weight excluding hydrogens is 472 g/mol. The summed E-state index contributed by atoms with van der Waals surface area (Å²) in [7, 11) is 3.83. The van der Waals surface area contributed by atoms with Gasteiger partial charge in [-0.25, -0.2) is 4.39 Å². The minimum absolute atomic E-state index is 0. The van der Waals surface area contributed by atoms with Crippen LogP contribution in [0.1, 0.15) is 18.9 Å². The number of guanidine groups is 1. The highest BCUT2D eigenvalue weighted by molar-refractivity contribution is 14.0. The fraction of sp³-hybridized carbons (Fsp3) is 0.550. The average Bonchev–Trinajstić information content (AvgIpc) is 3.04. The van der Waals surface area contributed by atoms with E-state index in [4.69, 9.17) is 4.74 Å². The van der Waals surface area contributed by atoms with Crippen LogP contribution in [0.4, 0.5) is 4.39 Å². The summed E-state index contributed by atoms with van der Waals surface area (Å²) in [5, 5.41) is 7.72. The van der Waals surface area contributed by atoms with E-state index in [1.807, 2.05) is 12.3 Å². The van der Waals surface area contributed by atoms with Crippen molar-refractivity contribution in [2.45, 2.75) is 19.8 Å². The average molecular weight is 505 g/mol. The fourth-order valence-corrected chi connectivity index (χ4v) is 2.95. The summed E-state index contributed by atoms with van der Waals surface area (Å²) < 4.78 is 18.4. The molecule has 0 aliphatic heterocycles. The van der Waals surface area contributed by atoms with Crippen LogP contribution < -0.4 is 10.6 Å². The van der Waals surface area contributed by atoms with Gasteiger partial charge in [-0.1, -0.05) is 0 Å².